The molecule has 1 saturated carbocycles. The van der Waals surface area contributed by atoms with Crippen molar-refractivity contribution in [3.8, 4) is 22.7 Å². The fourth-order valence-corrected chi connectivity index (χ4v) is 5.63. The molecule has 4 N–H and O–H groups in total. The van der Waals surface area contributed by atoms with Gasteiger partial charge < -0.3 is 20.0 Å². The van der Waals surface area contributed by atoms with E-state index in [2.05, 4.69) is 26.2 Å². The highest BCUT2D eigenvalue weighted by Crippen LogP contribution is 2.46. The van der Waals surface area contributed by atoms with Crippen molar-refractivity contribution in [2.45, 2.75) is 38.1 Å². The number of fused-ring (bicyclic) bond motifs is 1. The van der Waals surface area contributed by atoms with E-state index >= 15 is 0 Å². The fraction of sp³-hybridized carbons (Fsp3) is 0.241. The lowest BCUT2D eigenvalue weighted by Gasteiger charge is -2.19. The van der Waals surface area contributed by atoms with Gasteiger partial charge in [0.1, 0.15) is 35.1 Å². The predicted molar refractivity (Wildman–Crippen MR) is 165 cm³/mol. The summed E-state index contributed by atoms with van der Waals surface area (Å²) in [7, 11) is 0. The molecule has 6 rings (SSSR count). The van der Waals surface area contributed by atoms with E-state index in [1.54, 1.807) is 36.9 Å². The second kappa shape index (κ2) is 12.6. The maximum absolute atomic E-state index is 13.7. The molecule has 5 aromatic rings. The molecular weight excluding hydrogens is 593 g/mol. The van der Waals surface area contributed by atoms with Crippen LogP contribution in [-0.2, 0) is 22.6 Å². The molecule has 11 nitrogen and oxygen atoms in total. The molecule has 2 aromatic carbocycles. The number of furan rings is 1. The van der Waals surface area contributed by atoms with E-state index in [-0.39, 0.29) is 29.9 Å². The quantitative estimate of drug-likeness (QED) is 0.0572. The van der Waals surface area contributed by atoms with Crippen LogP contribution in [0.5, 0.6) is 0 Å². The highest BCUT2D eigenvalue weighted by Gasteiger charge is 2.30. The van der Waals surface area contributed by atoms with Gasteiger partial charge in [-0.3, -0.25) is 9.12 Å². The molecule has 0 aliphatic heterocycles. The minimum atomic E-state index is -2.23. The summed E-state index contributed by atoms with van der Waals surface area (Å²) < 4.78 is 45.5. The van der Waals surface area contributed by atoms with Crippen molar-refractivity contribution >= 4 is 45.5 Å². The third-order valence-electron chi connectivity index (χ3n) is 7.17. The Morgan fingerprint density at radius 1 is 1.30 bits per heavy atom. The number of aromatic amines is 1. The van der Waals surface area contributed by atoms with Gasteiger partial charge in [-0.05, 0) is 84.9 Å². The van der Waals surface area contributed by atoms with Gasteiger partial charge in [0.05, 0.1) is 5.56 Å². The molecule has 0 bridgehead atoms. The second-order valence-electron chi connectivity index (χ2n) is 10.2. The number of hydrogen-bond donors (Lipinski definition) is 3. The van der Waals surface area contributed by atoms with Gasteiger partial charge in [-0.1, -0.05) is 5.16 Å². The molecule has 0 spiro atoms. The first-order valence-corrected chi connectivity index (χ1v) is 15.1. The Morgan fingerprint density at radius 2 is 2.12 bits per heavy atom. The number of rotatable bonds is 11. The normalized spacial score (nSPS) is 14.4. The van der Waals surface area contributed by atoms with E-state index in [0.717, 1.165) is 34.9 Å². The van der Waals surface area contributed by atoms with Gasteiger partial charge in [0.25, 0.3) is 0 Å². The number of nitrogens with one attached hydrogen (secondary N) is 1. The molecular formula is C29H28FN7O4S2. The first-order chi connectivity index (χ1) is 20.9. The predicted octanol–water partition coefficient (Wildman–Crippen LogP) is 5.54. The lowest BCUT2D eigenvalue weighted by atomic mass is 9.97. The lowest BCUT2D eigenvalue weighted by molar-refractivity contribution is 0.320. The molecule has 3 heterocycles. The van der Waals surface area contributed by atoms with Crippen LogP contribution in [0, 0.1) is 5.82 Å². The van der Waals surface area contributed by atoms with Crippen molar-refractivity contribution in [2.75, 3.05) is 6.54 Å². The summed E-state index contributed by atoms with van der Waals surface area (Å²) in [5.41, 5.74) is 10.1. The number of hydrogen-bond acceptors (Lipinski definition) is 7. The number of nitrogens with zero attached hydrogens (tertiary/aromatic N) is 5. The fourth-order valence-electron chi connectivity index (χ4n) is 4.95. The summed E-state index contributed by atoms with van der Waals surface area (Å²) >= 11 is 2.89. The molecule has 3 aromatic heterocycles. The Labute approximate surface area is 254 Å². The van der Waals surface area contributed by atoms with E-state index in [1.807, 2.05) is 6.07 Å². The molecule has 43 heavy (non-hydrogen) atoms. The Bertz CT molecular complexity index is 1780. The van der Waals surface area contributed by atoms with E-state index in [9.17, 15) is 13.2 Å². The first kappa shape index (κ1) is 28.9. The number of benzene rings is 2. The van der Waals surface area contributed by atoms with Crippen molar-refractivity contribution in [1.29, 1.82) is 0 Å². The van der Waals surface area contributed by atoms with Gasteiger partial charge in [-0.15, -0.1) is 0 Å². The minimum Gasteiger partial charge on any atom is -0.455 e. The number of imidazole rings is 2. The van der Waals surface area contributed by atoms with Crippen LogP contribution in [0.3, 0.4) is 0 Å². The molecule has 0 saturated heterocycles. The van der Waals surface area contributed by atoms with Crippen molar-refractivity contribution in [1.82, 2.24) is 23.8 Å². The minimum absolute atomic E-state index is 0.0808. The molecule has 1 aliphatic carbocycles. The number of aromatic nitrogens is 4. The zero-order valence-electron chi connectivity index (χ0n) is 22.9. The van der Waals surface area contributed by atoms with E-state index in [1.165, 1.54) is 27.3 Å². The zero-order valence-corrected chi connectivity index (χ0v) is 24.5. The van der Waals surface area contributed by atoms with Crippen molar-refractivity contribution < 1.29 is 22.4 Å². The van der Waals surface area contributed by atoms with Gasteiger partial charge >= 0.3 is 5.17 Å². The highest BCUT2D eigenvalue weighted by atomic mass is 32.2. The van der Waals surface area contributed by atoms with Crippen LogP contribution in [0.15, 0.2) is 77.1 Å². The molecule has 1 unspecified atom stereocenters. The van der Waals surface area contributed by atoms with E-state index < -0.39 is 11.3 Å². The number of H-pyrrole nitrogens is 1. The zero-order chi connectivity index (χ0) is 29.9. The van der Waals surface area contributed by atoms with Crippen LogP contribution in [0.4, 0.5) is 4.39 Å². The van der Waals surface area contributed by atoms with Gasteiger partial charge in [-0.2, -0.15) is 4.31 Å². The highest BCUT2D eigenvalue weighted by molar-refractivity contribution is 7.80. The number of halogens is 1. The largest absolute Gasteiger partial charge is 0.455 e. The summed E-state index contributed by atoms with van der Waals surface area (Å²) in [5.74, 6) is 1.42. The van der Waals surface area contributed by atoms with Gasteiger partial charge in [0, 0.05) is 55.2 Å². The topological polar surface area (TPSA) is 148 Å². The van der Waals surface area contributed by atoms with Gasteiger partial charge in [-0.25, -0.2) is 18.6 Å². The van der Waals surface area contributed by atoms with Crippen LogP contribution in [0.1, 0.15) is 42.7 Å². The Morgan fingerprint density at radius 3 is 2.79 bits per heavy atom. The first-order valence-electron chi connectivity index (χ1n) is 13.6. The molecule has 1 fully saturated rings. The summed E-state index contributed by atoms with van der Waals surface area (Å²) in [6.07, 6.45) is 10.9. The van der Waals surface area contributed by atoms with Crippen LogP contribution in [-0.4, -0.2) is 50.1 Å². The Hall–Kier alpha value is -4.24. The van der Waals surface area contributed by atoms with Gasteiger partial charge in [0.2, 0.25) is 11.3 Å². The lowest BCUT2D eigenvalue weighted by Crippen LogP contribution is -2.28. The number of oxime groups is 1. The molecule has 1 aliphatic rings. The third-order valence-corrected chi connectivity index (χ3v) is 8.21. The summed E-state index contributed by atoms with van der Waals surface area (Å²) in [4.78, 5) is 16.7. The average molecular weight is 622 g/mol. The number of thiocarbonyl (C=S) groups is 1. The van der Waals surface area contributed by atoms with Crippen molar-refractivity contribution in [3.05, 3.63) is 84.5 Å². The number of amidine groups is 1. The van der Waals surface area contributed by atoms with Gasteiger partial charge in [0.15, 0.2) is 0 Å². The van der Waals surface area contributed by atoms with E-state index in [0.29, 0.717) is 41.5 Å². The maximum Gasteiger partial charge on any atom is 0.301 e. The van der Waals surface area contributed by atoms with Crippen LogP contribution in [0.25, 0.3) is 33.7 Å². The smallest absolute Gasteiger partial charge is 0.301 e. The van der Waals surface area contributed by atoms with Crippen molar-refractivity contribution in [3.63, 3.8) is 0 Å². The van der Waals surface area contributed by atoms with Crippen LogP contribution in [0.2, 0.25) is 0 Å². The molecule has 0 radical (unpaired) electrons. The standard InChI is InChI=1S/C29H28FN7O4S2/c30-21-7-5-19(6-8-21)27-26(28-33-9-10-34-28)23-15-22(18-3-4-18)20(14-24(23)40-27)16-37(43(38)39)12-1-2-25(31)35-41-29(42)36-13-11-32-17-36/h5-11,13-15,17-18H,1-4,12,16H2,(H2,31,35)(H,33,34)(H,38,39). The summed E-state index contributed by atoms with van der Waals surface area (Å²) in [6.45, 7) is 0.510. The number of nitrogens with two attached hydrogens (primary N) is 1. The van der Waals surface area contributed by atoms with Crippen LogP contribution < -0.4 is 5.73 Å². The van der Waals surface area contributed by atoms with Crippen molar-refractivity contribution in [2.24, 2.45) is 10.9 Å². The Balaban J connectivity index is 1.24. The maximum atomic E-state index is 13.7. The third kappa shape index (κ3) is 6.57. The molecule has 14 heteroatoms. The SMILES string of the molecule is N/C(CCCN(Cc1cc2oc(-c3ccc(F)cc3)c(-c3ncc[nH]3)c2cc1C1CC1)S(=O)O)=N\OC(=S)n1ccnc1. The van der Waals surface area contributed by atoms with Crippen LogP contribution >= 0.6 is 12.2 Å². The molecule has 1 atom stereocenters. The molecule has 222 valence electrons. The van der Waals surface area contributed by atoms with E-state index in [4.69, 9.17) is 27.2 Å². The summed E-state index contributed by atoms with van der Waals surface area (Å²) in [5, 5.41) is 4.80. The second-order valence-corrected chi connectivity index (χ2v) is 11.5. The summed E-state index contributed by atoms with van der Waals surface area (Å²) in [6, 6.07) is 10.2. The average Bonchev–Trinajstić information content (AvgIpc) is 3.36. The monoisotopic (exact) mass is 621 g/mol. The Kier molecular flexibility index (Phi) is 8.42. The molecule has 0 amide bonds.